The maximum atomic E-state index is 4.60. The maximum absolute atomic E-state index is 4.60. The summed E-state index contributed by atoms with van der Waals surface area (Å²) in [5.74, 6) is 1.62. The Labute approximate surface area is 111 Å². The second-order valence-electron chi connectivity index (χ2n) is 5.49. The summed E-state index contributed by atoms with van der Waals surface area (Å²) in [5, 5.41) is 3.42. The van der Waals surface area contributed by atoms with Crippen molar-refractivity contribution in [3.05, 3.63) is 23.3 Å². The second-order valence-corrected chi connectivity index (χ2v) is 5.49. The van der Waals surface area contributed by atoms with Crippen molar-refractivity contribution in [1.29, 1.82) is 0 Å². The second kappa shape index (κ2) is 7.44. The zero-order valence-corrected chi connectivity index (χ0v) is 12.3. The standard InChI is InChI=1S/C14H26N4/c1-11(2)9-15-10-13-8-12(3)16-14(17-13)6-7-18(4)5/h8,11,15H,6-7,9-10H2,1-5H3. The van der Waals surface area contributed by atoms with E-state index in [2.05, 4.69) is 54.2 Å². The summed E-state index contributed by atoms with van der Waals surface area (Å²) in [6, 6.07) is 2.06. The fourth-order valence-corrected chi connectivity index (χ4v) is 1.71. The number of nitrogens with zero attached hydrogens (tertiary/aromatic N) is 3. The van der Waals surface area contributed by atoms with Gasteiger partial charge >= 0.3 is 0 Å². The summed E-state index contributed by atoms with van der Waals surface area (Å²) in [6.07, 6.45) is 0.909. The summed E-state index contributed by atoms with van der Waals surface area (Å²) >= 11 is 0. The number of nitrogens with one attached hydrogen (secondary N) is 1. The molecule has 1 aromatic rings. The summed E-state index contributed by atoms with van der Waals surface area (Å²) in [5.41, 5.74) is 2.15. The number of hydrogen-bond acceptors (Lipinski definition) is 4. The molecule has 4 nitrogen and oxygen atoms in total. The molecule has 0 spiro atoms. The Hall–Kier alpha value is -1.00. The van der Waals surface area contributed by atoms with Crippen molar-refractivity contribution in [2.75, 3.05) is 27.2 Å². The molecule has 0 bridgehead atoms. The van der Waals surface area contributed by atoms with Crippen LogP contribution in [0.25, 0.3) is 0 Å². The zero-order valence-electron chi connectivity index (χ0n) is 12.3. The molecule has 0 fully saturated rings. The van der Waals surface area contributed by atoms with Crippen LogP contribution in [0.15, 0.2) is 6.07 Å². The fraction of sp³-hybridized carbons (Fsp3) is 0.714. The minimum Gasteiger partial charge on any atom is -0.311 e. The van der Waals surface area contributed by atoms with E-state index in [0.29, 0.717) is 5.92 Å². The number of aromatic nitrogens is 2. The molecule has 102 valence electrons. The van der Waals surface area contributed by atoms with Crippen LogP contribution >= 0.6 is 0 Å². The van der Waals surface area contributed by atoms with E-state index in [1.807, 2.05) is 6.92 Å². The Morgan fingerprint density at radius 2 is 2.00 bits per heavy atom. The van der Waals surface area contributed by atoms with Gasteiger partial charge in [-0.3, -0.25) is 0 Å². The molecule has 0 saturated heterocycles. The van der Waals surface area contributed by atoms with E-state index >= 15 is 0 Å². The van der Waals surface area contributed by atoms with Gasteiger partial charge in [0.25, 0.3) is 0 Å². The quantitative estimate of drug-likeness (QED) is 0.798. The Kier molecular flexibility index (Phi) is 6.22. The molecular formula is C14H26N4. The van der Waals surface area contributed by atoms with Crippen LogP contribution in [0.1, 0.15) is 31.1 Å². The van der Waals surface area contributed by atoms with E-state index in [0.717, 1.165) is 43.3 Å². The Balaban J connectivity index is 2.57. The third-order valence-electron chi connectivity index (χ3n) is 2.59. The monoisotopic (exact) mass is 250 g/mol. The molecule has 0 aliphatic rings. The summed E-state index contributed by atoms with van der Waals surface area (Å²) in [7, 11) is 4.14. The van der Waals surface area contributed by atoms with Crippen molar-refractivity contribution in [2.45, 2.75) is 33.7 Å². The number of rotatable bonds is 7. The molecule has 0 atom stereocenters. The molecule has 4 heteroatoms. The summed E-state index contributed by atoms with van der Waals surface area (Å²) < 4.78 is 0. The van der Waals surface area contributed by atoms with Crippen molar-refractivity contribution in [2.24, 2.45) is 5.92 Å². The predicted molar refractivity (Wildman–Crippen MR) is 75.6 cm³/mol. The molecule has 1 heterocycles. The fourth-order valence-electron chi connectivity index (χ4n) is 1.71. The first-order chi connectivity index (χ1) is 8.47. The minimum absolute atomic E-state index is 0.668. The number of aryl methyl sites for hydroxylation is 1. The van der Waals surface area contributed by atoms with Gasteiger partial charge in [0.05, 0.1) is 5.69 Å². The van der Waals surface area contributed by atoms with Gasteiger partial charge in [-0.1, -0.05) is 13.8 Å². The number of likely N-dealkylation sites (N-methyl/N-ethyl adjacent to an activating group) is 1. The third-order valence-corrected chi connectivity index (χ3v) is 2.59. The van der Waals surface area contributed by atoms with E-state index in [-0.39, 0.29) is 0 Å². The number of hydrogen-bond donors (Lipinski definition) is 1. The lowest BCUT2D eigenvalue weighted by molar-refractivity contribution is 0.409. The van der Waals surface area contributed by atoms with E-state index in [4.69, 9.17) is 0 Å². The molecule has 0 saturated carbocycles. The lowest BCUT2D eigenvalue weighted by Crippen LogP contribution is -2.21. The van der Waals surface area contributed by atoms with Crippen LogP contribution in [0.5, 0.6) is 0 Å². The van der Waals surface area contributed by atoms with Gasteiger partial charge in [0.1, 0.15) is 5.82 Å². The third kappa shape index (κ3) is 6.07. The van der Waals surface area contributed by atoms with Gasteiger partial charge in [-0.2, -0.15) is 0 Å². The molecule has 0 aliphatic heterocycles. The molecule has 0 amide bonds. The zero-order chi connectivity index (χ0) is 13.5. The largest absolute Gasteiger partial charge is 0.311 e. The summed E-state index contributed by atoms with van der Waals surface area (Å²) in [4.78, 5) is 11.2. The molecule has 0 aromatic carbocycles. The lowest BCUT2D eigenvalue weighted by atomic mass is 10.2. The SMILES string of the molecule is Cc1cc(CNCC(C)C)nc(CCN(C)C)n1. The average Bonchev–Trinajstić information content (AvgIpc) is 2.25. The summed E-state index contributed by atoms with van der Waals surface area (Å²) in [6.45, 7) is 9.29. The molecule has 18 heavy (non-hydrogen) atoms. The Bertz CT molecular complexity index is 361. The van der Waals surface area contributed by atoms with Crippen LogP contribution in [-0.4, -0.2) is 42.1 Å². The van der Waals surface area contributed by atoms with Gasteiger partial charge in [-0.05, 0) is 39.5 Å². The molecule has 0 radical (unpaired) electrons. The van der Waals surface area contributed by atoms with Gasteiger partial charge in [-0.25, -0.2) is 9.97 Å². The van der Waals surface area contributed by atoms with Crippen molar-refractivity contribution < 1.29 is 0 Å². The van der Waals surface area contributed by atoms with E-state index in [1.54, 1.807) is 0 Å². The Morgan fingerprint density at radius 1 is 1.28 bits per heavy atom. The average molecular weight is 250 g/mol. The van der Waals surface area contributed by atoms with E-state index in [1.165, 1.54) is 0 Å². The van der Waals surface area contributed by atoms with Gasteiger partial charge in [0, 0.05) is 25.2 Å². The molecule has 0 unspecified atom stereocenters. The molecule has 0 aliphatic carbocycles. The highest BCUT2D eigenvalue weighted by atomic mass is 15.1. The van der Waals surface area contributed by atoms with Crippen molar-refractivity contribution in [3.8, 4) is 0 Å². The highest BCUT2D eigenvalue weighted by Gasteiger charge is 2.03. The van der Waals surface area contributed by atoms with Crippen molar-refractivity contribution in [1.82, 2.24) is 20.2 Å². The molecular weight excluding hydrogens is 224 g/mol. The van der Waals surface area contributed by atoms with Crippen molar-refractivity contribution >= 4 is 0 Å². The molecule has 1 aromatic heterocycles. The van der Waals surface area contributed by atoms with Crippen LogP contribution in [0.3, 0.4) is 0 Å². The van der Waals surface area contributed by atoms with Crippen LogP contribution in [0.2, 0.25) is 0 Å². The smallest absolute Gasteiger partial charge is 0.130 e. The first kappa shape index (κ1) is 15.1. The van der Waals surface area contributed by atoms with Gasteiger partial charge in [0.2, 0.25) is 0 Å². The van der Waals surface area contributed by atoms with Crippen LogP contribution in [0.4, 0.5) is 0 Å². The predicted octanol–water partition coefficient (Wildman–Crippen LogP) is 1.63. The molecule has 1 N–H and O–H groups in total. The Morgan fingerprint density at radius 3 is 2.61 bits per heavy atom. The van der Waals surface area contributed by atoms with Gasteiger partial charge in [0.15, 0.2) is 0 Å². The van der Waals surface area contributed by atoms with E-state index < -0.39 is 0 Å². The first-order valence-corrected chi connectivity index (χ1v) is 6.66. The highest BCUT2D eigenvalue weighted by Crippen LogP contribution is 2.02. The lowest BCUT2D eigenvalue weighted by Gasteiger charge is -2.11. The van der Waals surface area contributed by atoms with Crippen LogP contribution in [-0.2, 0) is 13.0 Å². The maximum Gasteiger partial charge on any atom is 0.130 e. The topological polar surface area (TPSA) is 41.1 Å². The van der Waals surface area contributed by atoms with Gasteiger partial charge < -0.3 is 10.2 Å². The molecule has 1 rings (SSSR count). The van der Waals surface area contributed by atoms with Crippen LogP contribution < -0.4 is 5.32 Å². The van der Waals surface area contributed by atoms with E-state index in [9.17, 15) is 0 Å². The normalized spacial score (nSPS) is 11.5. The first-order valence-electron chi connectivity index (χ1n) is 6.66. The van der Waals surface area contributed by atoms with Crippen LogP contribution in [0, 0.1) is 12.8 Å². The van der Waals surface area contributed by atoms with Crippen molar-refractivity contribution in [3.63, 3.8) is 0 Å². The highest BCUT2D eigenvalue weighted by molar-refractivity contribution is 5.10. The van der Waals surface area contributed by atoms with Gasteiger partial charge in [-0.15, -0.1) is 0 Å². The minimum atomic E-state index is 0.668.